The number of hydrogen-bond donors (Lipinski definition) is 0. The lowest BCUT2D eigenvalue weighted by atomic mass is 10.0. The fourth-order valence-corrected chi connectivity index (χ4v) is 3.63. The molecule has 4 heterocycles. The SMILES string of the molecule is c1ccc(CO[C@@H]2CN(Cc3ccoc3)[C@H]3CCCO[C@@H]23)nc1. The average Bonchev–Trinajstić information content (AvgIpc) is 3.23. The molecule has 2 aliphatic heterocycles. The largest absolute Gasteiger partial charge is 0.472 e. The summed E-state index contributed by atoms with van der Waals surface area (Å²) < 4.78 is 17.4. The van der Waals surface area contributed by atoms with Crippen LogP contribution in [0.1, 0.15) is 24.1 Å². The van der Waals surface area contributed by atoms with Crippen molar-refractivity contribution in [2.24, 2.45) is 0 Å². The molecule has 4 rings (SSSR count). The summed E-state index contributed by atoms with van der Waals surface area (Å²) in [7, 11) is 0. The van der Waals surface area contributed by atoms with Crippen LogP contribution in [0.5, 0.6) is 0 Å². The van der Waals surface area contributed by atoms with Gasteiger partial charge in [0, 0.05) is 37.5 Å². The molecular weight excluding hydrogens is 292 g/mol. The Bertz CT molecular complexity index is 602. The van der Waals surface area contributed by atoms with E-state index < -0.39 is 0 Å². The highest BCUT2D eigenvalue weighted by Crippen LogP contribution is 2.32. The molecule has 0 amide bonds. The molecule has 5 nitrogen and oxygen atoms in total. The number of furan rings is 1. The predicted octanol–water partition coefficient (Wildman–Crippen LogP) is 2.62. The van der Waals surface area contributed by atoms with E-state index in [9.17, 15) is 0 Å². The first-order chi connectivity index (χ1) is 11.4. The number of likely N-dealkylation sites (tertiary alicyclic amines) is 1. The lowest BCUT2D eigenvalue weighted by Crippen LogP contribution is -2.41. The van der Waals surface area contributed by atoms with Gasteiger partial charge in [-0.25, -0.2) is 0 Å². The molecule has 0 spiro atoms. The quantitative estimate of drug-likeness (QED) is 0.849. The van der Waals surface area contributed by atoms with Crippen LogP contribution in [0.3, 0.4) is 0 Å². The van der Waals surface area contributed by atoms with E-state index in [0.717, 1.165) is 31.8 Å². The van der Waals surface area contributed by atoms with E-state index in [1.54, 1.807) is 12.5 Å². The zero-order chi connectivity index (χ0) is 15.5. The molecule has 3 atom stereocenters. The van der Waals surface area contributed by atoms with Crippen molar-refractivity contribution in [3.63, 3.8) is 0 Å². The first-order valence-electron chi connectivity index (χ1n) is 8.28. The third-order valence-electron chi connectivity index (χ3n) is 4.72. The standard InChI is InChI=1S/C18H22N2O3/c1-2-7-19-15(4-1)13-23-17-11-20(10-14-6-9-21-12-14)16-5-3-8-22-18(16)17/h1-2,4,6-7,9,12,16-18H,3,5,8,10-11,13H2/t16-,17+,18+/m0/s1. The van der Waals surface area contributed by atoms with Crippen molar-refractivity contribution in [3.8, 4) is 0 Å². The number of aromatic nitrogens is 1. The molecule has 0 bridgehead atoms. The highest BCUT2D eigenvalue weighted by atomic mass is 16.5. The molecule has 0 N–H and O–H groups in total. The number of pyridine rings is 1. The second-order valence-electron chi connectivity index (χ2n) is 6.28. The molecule has 0 aliphatic carbocycles. The zero-order valence-electron chi connectivity index (χ0n) is 13.1. The van der Waals surface area contributed by atoms with Gasteiger partial charge in [-0.3, -0.25) is 9.88 Å². The Hall–Kier alpha value is -1.69. The Kier molecular flexibility index (Phi) is 4.41. The van der Waals surface area contributed by atoms with E-state index in [0.29, 0.717) is 12.6 Å². The fraction of sp³-hybridized carbons (Fsp3) is 0.500. The monoisotopic (exact) mass is 314 g/mol. The highest BCUT2D eigenvalue weighted by Gasteiger charge is 2.44. The van der Waals surface area contributed by atoms with Gasteiger partial charge < -0.3 is 13.9 Å². The second-order valence-corrected chi connectivity index (χ2v) is 6.28. The topological polar surface area (TPSA) is 47.7 Å². The Morgan fingerprint density at radius 1 is 1.30 bits per heavy atom. The molecule has 5 heteroatoms. The van der Waals surface area contributed by atoms with Crippen LogP contribution in [-0.2, 0) is 22.6 Å². The van der Waals surface area contributed by atoms with E-state index in [1.807, 2.05) is 30.5 Å². The maximum Gasteiger partial charge on any atom is 0.100 e. The van der Waals surface area contributed by atoms with E-state index >= 15 is 0 Å². The van der Waals surface area contributed by atoms with Crippen molar-refractivity contribution in [1.29, 1.82) is 0 Å². The summed E-state index contributed by atoms with van der Waals surface area (Å²) in [5.74, 6) is 0. The third kappa shape index (κ3) is 3.32. The van der Waals surface area contributed by atoms with Gasteiger partial charge in [0.15, 0.2) is 0 Å². The van der Waals surface area contributed by atoms with Crippen LogP contribution in [0, 0.1) is 0 Å². The minimum absolute atomic E-state index is 0.106. The zero-order valence-corrected chi connectivity index (χ0v) is 13.1. The average molecular weight is 314 g/mol. The van der Waals surface area contributed by atoms with Crippen molar-refractivity contribution in [2.45, 2.75) is 44.2 Å². The van der Waals surface area contributed by atoms with Crippen LogP contribution in [0.2, 0.25) is 0 Å². The summed E-state index contributed by atoms with van der Waals surface area (Å²) in [5.41, 5.74) is 2.17. The summed E-state index contributed by atoms with van der Waals surface area (Å²) in [6, 6.07) is 8.38. The molecule has 2 aromatic rings. The van der Waals surface area contributed by atoms with Crippen LogP contribution in [0.15, 0.2) is 47.4 Å². The normalized spacial score (nSPS) is 27.9. The Morgan fingerprint density at radius 3 is 3.13 bits per heavy atom. The molecule has 0 unspecified atom stereocenters. The molecule has 0 radical (unpaired) electrons. The van der Waals surface area contributed by atoms with Gasteiger partial charge in [-0.15, -0.1) is 0 Å². The first-order valence-corrected chi connectivity index (χ1v) is 8.28. The minimum atomic E-state index is 0.106. The summed E-state index contributed by atoms with van der Waals surface area (Å²) in [6.45, 7) is 3.17. The minimum Gasteiger partial charge on any atom is -0.472 e. The lowest BCUT2D eigenvalue weighted by Gasteiger charge is -2.32. The van der Waals surface area contributed by atoms with Gasteiger partial charge in [-0.1, -0.05) is 6.07 Å². The Balaban J connectivity index is 1.42. The summed E-state index contributed by atoms with van der Waals surface area (Å²) >= 11 is 0. The molecule has 0 saturated carbocycles. The Morgan fingerprint density at radius 2 is 2.30 bits per heavy atom. The van der Waals surface area contributed by atoms with E-state index in [2.05, 4.69) is 9.88 Å². The van der Waals surface area contributed by atoms with Crippen LogP contribution in [0.4, 0.5) is 0 Å². The molecule has 23 heavy (non-hydrogen) atoms. The number of hydrogen-bond acceptors (Lipinski definition) is 5. The van der Waals surface area contributed by atoms with Crippen LogP contribution >= 0.6 is 0 Å². The van der Waals surface area contributed by atoms with Crippen molar-refractivity contribution < 1.29 is 13.9 Å². The number of ether oxygens (including phenoxy) is 2. The smallest absolute Gasteiger partial charge is 0.100 e. The van der Waals surface area contributed by atoms with E-state index in [1.165, 1.54) is 12.0 Å². The summed E-state index contributed by atoms with van der Waals surface area (Å²) in [5, 5.41) is 0. The van der Waals surface area contributed by atoms with E-state index in [4.69, 9.17) is 13.9 Å². The van der Waals surface area contributed by atoms with Gasteiger partial charge >= 0.3 is 0 Å². The number of nitrogens with zero attached hydrogens (tertiary/aromatic N) is 2. The van der Waals surface area contributed by atoms with Gasteiger partial charge in [0.05, 0.1) is 30.9 Å². The molecular formula is C18H22N2O3. The van der Waals surface area contributed by atoms with Gasteiger partial charge in [-0.2, -0.15) is 0 Å². The van der Waals surface area contributed by atoms with Crippen LogP contribution in [0.25, 0.3) is 0 Å². The van der Waals surface area contributed by atoms with Gasteiger partial charge in [0.25, 0.3) is 0 Å². The van der Waals surface area contributed by atoms with Crippen LogP contribution in [-0.4, -0.2) is 41.3 Å². The van der Waals surface area contributed by atoms with Gasteiger partial charge in [0.2, 0.25) is 0 Å². The molecule has 2 aromatic heterocycles. The van der Waals surface area contributed by atoms with Crippen LogP contribution < -0.4 is 0 Å². The molecule has 2 aliphatic rings. The highest BCUT2D eigenvalue weighted by molar-refractivity contribution is 5.08. The summed E-state index contributed by atoms with van der Waals surface area (Å²) in [4.78, 5) is 6.80. The van der Waals surface area contributed by atoms with Crippen molar-refractivity contribution in [1.82, 2.24) is 9.88 Å². The Labute approximate surface area is 136 Å². The molecule has 2 fully saturated rings. The molecule has 122 valence electrons. The van der Waals surface area contributed by atoms with E-state index in [-0.39, 0.29) is 12.2 Å². The molecule has 2 saturated heterocycles. The van der Waals surface area contributed by atoms with Gasteiger partial charge in [0.1, 0.15) is 6.10 Å². The maximum absolute atomic E-state index is 6.16. The fourth-order valence-electron chi connectivity index (χ4n) is 3.63. The third-order valence-corrected chi connectivity index (χ3v) is 4.72. The number of fused-ring (bicyclic) bond motifs is 1. The van der Waals surface area contributed by atoms with Crippen molar-refractivity contribution >= 4 is 0 Å². The summed E-state index contributed by atoms with van der Waals surface area (Å²) in [6.07, 6.45) is 7.92. The second kappa shape index (κ2) is 6.83. The maximum atomic E-state index is 6.16. The lowest BCUT2D eigenvalue weighted by molar-refractivity contribution is -0.0824. The van der Waals surface area contributed by atoms with Crippen molar-refractivity contribution in [3.05, 3.63) is 54.2 Å². The van der Waals surface area contributed by atoms with Gasteiger partial charge in [-0.05, 0) is 31.0 Å². The predicted molar refractivity (Wildman–Crippen MR) is 84.7 cm³/mol. The first kappa shape index (κ1) is 14.9. The number of rotatable bonds is 5. The van der Waals surface area contributed by atoms with Crippen molar-refractivity contribution in [2.75, 3.05) is 13.2 Å². The molecule has 0 aromatic carbocycles.